The van der Waals surface area contributed by atoms with E-state index in [1.54, 1.807) is 11.1 Å². The van der Waals surface area contributed by atoms with Crippen molar-refractivity contribution in [2.75, 3.05) is 9.80 Å². The molecule has 0 amide bonds. The quantitative estimate of drug-likeness (QED) is 0.218. The van der Waals surface area contributed by atoms with Crippen LogP contribution < -0.4 is 9.80 Å². The van der Waals surface area contributed by atoms with Crippen LogP contribution in [0.4, 0.5) is 11.4 Å². The van der Waals surface area contributed by atoms with Gasteiger partial charge in [-0.1, -0.05) is 116 Å². The summed E-state index contributed by atoms with van der Waals surface area (Å²) in [6.07, 6.45) is 37.0. The van der Waals surface area contributed by atoms with Crippen LogP contribution in [0.3, 0.4) is 0 Å². The van der Waals surface area contributed by atoms with Gasteiger partial charge in [0, 0.05) is 39.6 Å². The molecular formula is C45H52N2. The summed E-state index contributed by atoms with van der Waals surface area (Å²) in [5, 5.41) is 0. The average molecular weight is 621 g/mol. The highest BCUT2D eigenvalue weighted by Crippen LogP contribution is 2.53. The highest BCUT2D eigenvalue weighted by atomic mass is 15.2. The first-order valence-corrected chi connectivity index (χ1v) is 17.5. The molecule has 0 spiro atoms. The standard InChI is InChI=1S/C45H52N2/c1-6-10-18-39(8-3)46(41-20-14-12-15-21-41)43-30-24-37(25-31-43)45(34-16-13-17-35-45)38-26-32-44(33-27-38)47(40(9-4)19-11-7-2)42-28-22-36(5)23-29-42/h6-12,14-15,18-24,26,28-30,32H,3-4,13,16-17,25,27,31,33-35H2,1-2,5H3. The molecule has 0 N–H and O–H groups in total. The van der Waals surface area contributed by atoms with Gasteiger partial charge in [0.15, 0.2) is 0 Å². The Morgan fingerprint density at radius 3 is 1.53 bits per heavy atom. The predicted molar refractivity (Wildman–Crippen MR) is 205 cm³/mol. The van der Waals surface area contributed by atoms with E-state index in [-0.39, 0.29) is 5.41 Å². The Bertz CT molecular complexity index is 1640. The van der Waals surface area contributed by atoms with Gasteiger partial charge < -0.3 is 9.80 Å². The molecule has 0 atom stereocenters. The van der Waals surface area contributed by atoms with Gasteiger partial charge in [0.25, 0.3) is 0 Å². The first-order valence-electron chi connectivity index (χ1n) is 17.5. The van der Waals surface area contributed by atoms with Crippen molar-refractivity contribution in [2.45, 2.75) is 78.6 Å². The minimum atomic E-state index is 0.151. The van der Waals surface area contributed by atoms with Gasteiger partial charge in [0.2, 0.25) is 0 Å². The molecule has 3 aliphatic rings. The Kier molecular flexibility index (Phi) is 11.7. The number of para-hydroxylation sites is 1. The van der Waals surface area contributed by atoms with Crippen LogP contribution in [-0.4, -0.2) is 0 Å². The molecule has 2 nitrogen and oxygen atoms in total. The number of hydrogen-bond acceptors (Lipinski definition) is 2. The summed E-state index contributed by atoms with van der Waals surface area (Å²) in [7, 11) is 0. The van der Waals surface area contributed by atoms with Crippen LogP contribution in [-0.2, 0) is 0 Å². The average Bonchev–Trinajstić information content (AvgIpc) is 3.13. The first-order chi connectivity index (χ1) is 23.0. The molecule has 47 heavy (non-hydrogen) atoms. The number of benzene rings is 2. The molecule has 0 aliphatic heterocycles. The third-order valence-corrected chi connectivity index (χ3v) is 9.93. The fourth-order valence-electron chi connectivity index (χ4n) is 7.52. The molecule has 2 aromatic rings. The van der Waals surface area contributed by atoms with E-state index in [1.807, 2.05) is 12.2 Å². The van der Waals surface area contributed by atoms with Gasteiger partial charge in [-0.15, -0.1) is 0 Å². The summed E-state index contributed by atoms with van der Waals surface area (Å²) in [5.41, 5.74) is 11.8. The molecule has 0 aromatic heterocycles. The molecule has 1 fully saturated rings. The summed E-state index contributed by atoms with van der Waals surface area (Å²) < 4.78 is 0. The van der Waals surface area contributed by atoms with Crippen molar-refractivity contribution in [2.24, 2.45) is 5.41 Å². The maximum atomic E-state index is 4.19. The zero-order valence-electron chi connectivity index (χ0n) is 28.8. The number of nitrogens with zero attached hydrogens (tertiary/aromatic N) is 2. The fourth-order valence-corrected chi connectivity index (χ4v) is 7.52. The van der Waals surface area contributed by atoms with Gasteiger partial charge in [-0.2, -0.15) is 0 Å². The Morgan fingerprint density at radius 2 is 1.11 bits per heavy atom. The number of rotatable bonds is 12. The van der Waals surface area contributed by atoms with Gasteiger partial charge >= 0.3 is 0 Å². The zero-order chi connectivity index (χ0) is 33.1. The molecule has 242 valence electrons. The Morgan fingerprint density at radius 1 is 0.617 bits per heavy atom. The lowest BCUT2D eigenvalue weighted by Crippen LogP contribution is -2.32. The van der Waals surface area contributed by atoms with Crippen LogP contribution in [0.2, 0.25) is 0 Å². The molecule has 2 aromatic carbocycles. The van der Waals surface area contributed by atoms with Crippen molar-refractivity contribution < 1.29 is 0 Å². The molecule has 0 unspecified atom stereocenters. The molecule has 5 rings (SSSR count). The van der Waals surface area contributed by atoms with E-state index in [9.17, 15) is 0 Å². The molecular weight excluding hydrogens is 569 g/mol. The van der Waals surface area contributed by atoms with Crippen LogP contribution in [0.1, 0.15) is 77.2 Å². The lowest BCUT2D eigenvalue weighted by molar-refractivity contribution is 0.273. The Labute approximate surface area is 284 Å². The van der Waals surface area contributed by atoms with Crippen molar-refractivity contribution in [3.63, 3.8) is 0 Å². The molecule has 2 heteroatoms. The van der Waals surface area contributed by atoms with Crippen molar-refractivity contribution in [1.82, 2.24) is 0 Å². The van der Waals surface area contributed by atoms with Crippen LogP contribution in [0.25, 0.3) is 0 Å². The summed E-state index contributed by atoms with van der Waals surface area (Å²) in [4.78, 5) is 4.76. The van der Waals surface area contributed by atoms with Crippen LogP contribution in [0.5, 0.6) is 0 Å². The summed E-state index contributed by atoms with van der Waals surface area (Å²) >= 11 is 0. The van der Waals surface area contributed by atoms with E-state index in [2.05, 4.69) is 159 Å². The Balaban J connectivity index is 1.52. The maximum absolute atomic E-state index is 4.19. The zero-order valence-corrected chi connectivity index (χ0v) is 28.8. The topological polar surface area (TPSA) is 6.48 Å². The highest BCUT2D eigenvalue weighted by Gasteiger charge is 2.40. The van der Waals surface area contributed by atoms with Crippen molar-refractivity contribution in [1.29, 1.82) is 0 Å². The maximum Gasteiger partial charge on any atom is 0.0458 e. The predicted octanol–water partition coefficient (Wildman–Crippen LogP) is 12.8. The minimum Gasteiger partial charge on any atom is -0.314 e. The fraction of sp³-hybridized carbons (Fsp3) is 0.289. The molecule has 0 heterocycles. The molecule has 0 saturated heterocycles. The molecule has 0 bridgehead atoms. The van der Waals surface area contributed by atoms with E-state index in [4.69, 9.17) is 0 Å². The summed E-state index contributed by atoms with van der Waals surface area (Å²) in [6, 6.07) is 19.6. The minimum absolute atomic E-state index is 0.151. The Hall–Kier alpha value is -4.56. The van der Waals surface area contributed by atoms with Gasteiger partial charge in [-0.3, -0.25) is 0 Å². The largest absolute Gasteiger partial charge is 0.314 e. The van der Waals surface area contributed by atoms with E-state index >= 15 is 0 Å². The number of hydrogen-bond donors (Lipinski definition) is 0. The number of anilines is 2. The van der Waals surface area contributed by atoms with Crippen molar-refractivity contribution >= 4 is 11.4 Å². The van der Waals surface area contributed by atoms with E-state index < -0.39 is 0 Å². The third kappa shape index (κ3) is 7.71. The second-order valence-corrected chi connectivity index (χ2v) is 12.8. The molecule has 0 radical (unpaired) electrons. The number of aryl methyl sites for hydroxylation is 1. The monoisotopic (exact) mass is 620 g/mol. The summed E-state index contributed by atoms with van der Waals surface area (Å²) in [5.74, 6) is 0. The van der Waals surface area contributed by atoms with Crippen LogP contribution in [0, 0.1) is 12.3 Å². The van der Waals surface area contributed by atoms with Gasteiger partial charge in [-0.05, 0) is 120 Å². The van der Waals surface area contributed by atoms with Crippen LogP contribution >= 0.6 is 0 Å². The van der Waals surface area contributed by atoms with Gasteiger partial charge in [0.05, 0.1) is 0 Å². The normalized spacial score (nSPS) is 18.7. The van der Waals surface area contributed by atoms with Crippen molar-refractivity contribution in [3.8, 4) is 0 Å². The molecule has 1 saturated carbocycles. The lowest BCUT2D eigenvalue weighted by atomic mass is 9.61. The van der Waals surface area contributed by atoms with E-state index in [0.29, 0.717) is 0 Å². The van der Waals surface area contributed by atoms with E-state index in [0.717, 1.165) is 37.1 Å². The van der Waals surface area contributed by atoms with E-state index in [1.165, 1.54) is 60.4 Å². The SMILES string of the molecule is C=CC(=CC=CC)N(C1=CC=C(C2(C3=CC=C(N(C(C=C)=CC=CC)c4ccc(C)cc4)CC3)CCCCC2)CC1)c1ccccc1. The second-order valence-electron chi connectivity index (χ2n) is 12.8. The number of allylic oxidation sites excluding steroid dienone is 16. The van der Waals surface area contributed by atoms with Crippen molar-refractivity contribution in [3.05, 3.63) is 180 Å². The van der Waals surface area contributed by atoms with Gasteiger partial charge in [-0.25, -0.2) is 0 Å². The smallest absolute Gasteiger partial charge is 0.0458 e. The second kappa shape index (κ2) is 16.3. The lowest BCUT2D eigenvalue weighted by Gasteiger charge is -2.45. The summed E-state index contributed by atoms with van der Waals surface area (Å²) in [6.45, 7) is 14.6. The first kappa shape index (κ1) is 33.8. The highest BCUT2D eigenvalue weighted by molar-refractivity contribution is 5.64. The third-order valence-electron chi connectivity index (χ3n) is 9.93. The molecule has 3 aliphatic carbocycles. The van der Waals surface area contributed by atoms with Crippen LogP contribution in [0.15, 0.2) is 175 Å². The van der Waals surface area contributed by atoms with Gasteiger partial charge in [0.1, 0.15) is 0 Å².